The maximum atomic E-state index is 4.44. The zero-order valence-corrected chi connectivity index (χ0v) is 12.5. The Bertz CT molecular complexity index is 581. The van der Waals surface area contributed by atoms with Crippen LogP contribution in [0, 0.1) is 6.92 Å². The molecule has 2 heterocycles. The average Bonchev–Trinajstić information content (AvgIpc) is 2.82. The van der Waals surface area contributed by atoms with E-state index in [1.807, 2.05) is 6.20 Å². The molecule has 0 atom stereocenters. The number of hydrogen-bond donors (Lipinski definition) is 2. The molecule has 2 N–H and O–H groups in total. The first kappa shape index (κ1) is 13.4. The predicted molar refractivity (Wildman–Crippen MR) is 82.0 cm³/mol. The molecule has 20 heavy (non-hydrogen) atoms. The van der Waals surface area contributed by atoms with Crippen molar-refractivity contribution in [1.82, 2.24) is 19.9 Å². The number of hydrogen-bond acceptors (Lipinski definition) is 4. The Morgan fingerprint density at radius 2 is 1.95 bits per heavy atom. The molecule has 0 aromatic carbocycles. The molecular formula is C15H23N5. The Balaban J connectivity index is 1.73. The van der Waals surface area contributed by atoms with Gasteiger partial charge in [-0.15, -0.1) is 0 Å². The van der Waals surface area contributed by atoms with Crippen LogP contribution in [0.4, 0.5) is 5.82 Å². The van der Waals surface area contributed by atoms with Crippen LogP contribution in [0.1, 0.15) is 31.2 Å². The molecule has 0 amide bonds. The van der Waals surface area contributed by atoms with E-state index in [0.29, 0.717) is 6.04 Å². The minimum Gasteiger partial charge on any atom is -0.367 e. The third-order valence-electron chi connectivity index (χ3n) is 4.43. The number of nitrogens with one attached hydrogen (secondary N) is 2. The predicted octanol–water partition coefficient (Wildman–Crippen LogP) is 2.55. The van der Waals surface area contributed by atoms with Crippen LogP contribution in [-0.4, -0.2) is 46.0 Å². The first-order valence-electron chi connectivity index (χ1n) is 7.37. The van der Waals surface area contributed by atoms with Crippen LogP contribution in [0.5, 0.6) is 0 Å². The van der Waals surface area contributed by atoms with Crippen LogP contribution >= 0.6 is 0 Å². The van der Waals surface area contributed by atoms with E-state index >= 15 is 0 Å². The summed E-state index contributed by atoms with van der Waals surface area (Å²) in [6.07, 6.45) is 8.55. The molecule has 0 aliphatic heterocycles. The van der Waals surface area contributed by atoms with Crippen molar-refractivity contribution in [3.63, 3.8) is 0 Å². The molecule has 108 valence electrons. The van der Waals surface area contributed by atoms with E-state index < -0.39 is 0 Å². The van der Waals surface area contributed by atoms with Gasteiger partial charge in [0.25, 0.3) is 0 Å². The van der Waals surface area contributed by atoms with Crippen molar-refractivity contribution in [1.29, 1.82) is 0 Å². The molecule has 0 bridgehead atoms. The summed E-state index contributed by atoms with van der Waals surface area (Å²) in [5.41, 5.74) is 2.12. The highest BCUT2D eigenvalue weighted by Gasteiger charge is 2.23. The number of aromatic nitrogens is 3. The summed E-state index contributed by atoms with van der Waals surface area (Å²) in [5, 5.41) is 4.75. The van der Waals surface area contributed by atoms with Crippen LogP contribution in [0.15, 0.2) is 12.5 Å². The van der Waals surface area contributed by atoms with Gasteiger partial charge in [-0.25, -0.2) is 9.97 Å². The second-order valence-corrected chi connectivity index (χ2v) is 6.03. The fraction of sp³-hybridized carbons (Fsp3) is 0.600. The fourth-order valence-electron chi connectivity index (χ4n) is 3.16. The summed E-state index contributed by atoms with van der Waals surface area (Å²) in [6.45, 7) is 2.09. The maximum Gasteiger partial charge on any atom is 0.143 e. The summed E-state index contributed by atoms with van der Waals surface area (Å²) in [5.74, 6) is 0.974. The van der Waals surface area contributed by atoms with Crippen LogP contribution in [0.25, 0.3) is 11.0 Å². The van der Waals surface area contributed by atoms with E-state index in [1.165, 1.54) is 31.2 Å². The SMILES string of the molecule is Cc1c[nH]c2ncnc(NC3CCC(N(C)C)CC3)c12. The molecule has 2 aromatic heterocycles. The van der Waals surface area contributed by atoms with Gasteiger partial charge >= 0.3 is 0 Å². The Labute approximate surface area is 119 Å². The zero-order valence-electron chi connectivity index (χ0n) is 12.5. The van der Waals surface area contributed by atoms with Gasteiger partial charge < -0.3 is 15.2 Å². The largest absolute Gasteiger partial charge is 0.367 e. The van der Waals surface area contributed by atoms with Crippen molar-refractivity contribution >= 4 is 16.9 Å². The molecule has 5 heteroatoms. The highest BCUT2D eigenvalue weighted by molar-refractivity contribution is 5.90. The molecule has 1 aliphatic rings. The van der Waals surface area contributed by atoms with Crippen molar-refractivity contribution in [3.8, 4) is 0 Å². The number of fused-ring (bicyclic) bond motifs is 1. The number of rotatable bonds is 3. The Morgan fingerprint density at radius 3 is 2.65 bits per heavy atom. The van der Waals surface area contributed by atoms with Crippen LogP contribution < -0.4 is 5.32 Å². The lowest BCUT2D eigenvalue weighted by Crippen LogP contribution is -2.36. The lowest BCUT2D eigenvalue weighted by Gasteiger charge is -2.33. The number of H-pyrrole nitrogens is 1. The quantitative estimate of drug-likeness (QED) is 0.902. The highest BCUT2D eigenvalue weighted by atomic mass is 15.1. The van der Waals surface area contributed by atoms with Gasteiger partial charge in [0.05, 0.1) is 5.39 Å². The lowest BCUT2D eigenvalue weighted by molar-refractivity contribution is 0.221. The highest BCUT2D eigenvalue weighted by Crippen LogP contribution is 2.27. The number of nitrogens with zero attached hydrogens (tertiary/aromatic N) is 3. The van der Waals surface area contributed by atoms with E-state index in [4.69, 9.17) is 0 Å². The van der Waals surface area contributed by atoms with Crippen molar-refractivity contribution < 1.29 is 0 Å². The van der Waals surface area contributed by atoms with Gasteiger partial charge in [-0.2, -0.15) is 0 Å². The molecular weight excluding hydrogens is 250 g/mol. The van der Waals surface area contributed by atoms with Crippen molar-refractivity contribution in [2.75, 3.05) is 19.4 Å². The second-order valence-electron chi connectivity index (χ2n) is 6.03. The van der Waals surface area contributed by atoms with E-state index in [0.717, 1.165) is 22.9 Å². The third kappa shape index (κ3) is 2.50. The Morgan fingerprint density at radius 1 is 1.20 bits per heavy atom. The first-order chi connectivity index (χ1) is 9.65. The van der Waals surface area contributed by atoms with E-state index in [-0.39, 0.29) is 0 Å². The number of aryl methyl sites for hydroxylation is 1. The van der Waals surface area contributed by atoms with Crippen molar-refractivity contribution in [2.24, 2.45) is 0 Å². The van der Waals surface area contributed by atoms with E-state index in [9.17, 15) is 0 Å². The first-order valence-corrected chi connectivity index (χ1v) is 7.37. The van der Waals surface area contributed by atoms with Crippen molar-refractivity contribution in [3.05, 3.63) is 18.1 Å². The smallest absolute Gasteiger partial charge is 0.143 e. The third-order valence-corrected chi connectivity index (χ3v) is 4.43. The summed E-state index contributed by atoms with van der Waals surface area (Å²) in [7, 11) is 4.35. The molecule has 0 saturated heterocycles. The van der Waals surface area contributed by atoms with E-state index in [2.05, 4.69) is 46.2 Å². The molecule has 5 nitrogen and oxygen atoms in total. The standard InChI is InChI=1S/C15H23N5/c1-10-8-16-14-13(10)15(18-9-17-14)19-11-4-6-12(7-5-11)20(2)3/h8-9,11-12H,4-7H2,1-3H3,(H2,16,17,18,19). The topological polar surface area (TPSA) is 56.8 Å². The molecule has 1 aliphatic carbocycles. The molecule has 2 aromatic rings. The van der Waals surface area contributed by atoms with Crippen LogP contribution in [0.2, 0.25) is 0 Å². The second kappa shape index (κ2) is 5.40. The minimum atomic E-state index is 0.526. The van der Waals surface area contributed by atoms with E-state index in [1.54, 1.807) is 6.33 Å². The van der Waals surface area contributed by atoms with Gasteiger partial charge in [-0.1, -0.05) is 0 Å². The van der Waals surface area contributed by atoms with Gasteiger partial charge in [-0.3, -0.25) is 0 Å². The molecule has 0 radical (unpaired) electrons. The van der Waals surface area contributed by atoms with Crippen LogP contribution in [-0.2, 0) is 0 Å². The molecule has 3 rings (SSSR count). The summed E-state index contributed by atoms with van der Waals surface area (Å²) < 4.78 is 0. The summed E-state index contributed by atoms with van der Waals surface area (Å²) in [4.78, 5) is 14.2. The monoisotopic (exact) mass is 273 g/mol. The minimum absolute atomic E-state index is 0.526. The maximum absolute atomic E-state index is 4.44. The van der Waals surface area contributed by atoms with Crippen LogP contribution in [0.3, 0.4) is 0 Å². The Hall–Kier alpha value is -1.62. The summed E-state index contributed by atoms with van der Waals surface area (Å²) >= 11 is 0. The molecule has 1 saturated carbocycles. The van der Waals surface area contributed by atoms with Gasteiger partial charge in [0.15, 0.2) is 0 Å². The molecule has 0 unspecified atom stereocenters. The fourth-order valence-corrected chi connectivity index (χ4v) is 3.16. The molecule has 0 spiro atoms. The average molecular weight is 273 g/mol. The van der Waals surface area contributed by atoms with Crippen molar-refractivity contribution in [2.45, 2.75) is 44.7 Å². The Kier molecular flexibility index (Phi) is 3.61. The summed E-state index contributed by atoms with van der Waals surface area (Å²) in [6, 6.07) is 1.26. The zero-order chi connectivity index (χ0) is 14.1. The van der Waals surface area contributed by atoms with Gasteiger partial charge in [0.1, 0.15) is 17.8 Å². The molecule has 1 fully saturated rings. The van der Waals surface area contributed by atoms with Gasteiger partial charge in [0.2, 0.25) is 0 Å². The van der Waals surface area contributed by atoms with Gasteiger partial charge in [0, 0.05) is 18.3 Å². The lowest BCUT2D eigenvalue weighted by atomic mass is 9.90. The normalized spacial score (nSPS) is 23.4. The number of aromatic amines is 1. The van der Waals surface area contributed by atoms with Gasteiger partial charge in [-0.05, 0) is 52.3 Å². The number of anilines is 1.